The third-order valence-electron chi connectivity index (χ3n) is 15.0. The number of ether oxygens (including phenoxy) is 5. The number of hydrogen-bond donors (Lipinski definition) is 12. The molecule has 0 heterocycles. The van der Waals surface area contributed by atoms with Crippen LogP contribution in [0.1, 0.15) is 149 Å². The van der Waals surface area contributed by atoms with E-state index in [1.54, 1.807) is 13.8 Å². The molecule has 0 aromatic heterocycles. The minimum atomic E-state index is -2.09. The molecular formula is C70H104Cl36N12O17. The Morgan fingerprint density at radius 3 is 0.570 bits per heavy atom. The molecule has 0 aromatic carbocycles. The first-order valence-electron chi connectivity index (χ1n) is 39.5. The molecule has 0 aromatic rings. The summed E-state index contributed by atoms with van der Waals surface area (Å²) in [5.74, 6) is -7.96. The van der Waals surface area contributed by atoms with Gasteiger partial charge in [0, 0.05) is 85.2 Å². The average molecular weight is 2660 g/mol. The molecule has 798 valence electrons. The van der Waals surface area contributed by atoms with Crippen LogP contribution in [0.5, 0.6) is 0 Å². The number of alkyl halides is 36. The summed E-state index contributed by atoms with van der Waals surface area (Å²) in [6.45, 7) is 12.6. The van der Waals surface area contributed by atoms with Crippen LogP contribution in [-0.2, 0) is 81.2 Å². The smallest absolute Gasteiger partial charge is 0.272 e. The van der Waals surface area contributed by atoms with Crippen LogP contribution in [0.4, 0.5) is 0 Å². The second-order valence-corrected chi connectivity index (χ2v) is 55.1. The molecule has 1 unspecified atom stereocenters. The standard InChI is InChI=1S/C16H26Cl6N2O2.C14H22Cl6N2O5.C12H18Cl6N2O2.C10H14Cl6N2O4.C10H14Cl6N2O2.C8H10Cl6N2O2/c17-15(18,19)13(25)23-11-9-7-5-3-1-2-4-6-8-10-12-24-14(26)16(20,21)22;15-13(16,17)11(23)21-3-1-5-25-7-9-27-10-8-26-6-2-4-22-12(24)14(18,19)20;13-11(14,15)9(21)19-7-5-3-1-2-4-6-8-20-10(22)12(16,17)18;11-9(12,13)7(19)17-1-3-21-5-6-22-4-2-18-8(20)10(14,15)16;1-6(5-18-8(20)10(14,15)16)3-2-4-17-7(19)9(11,12)13;1-6(2,16-5(18)8(12,13)14)3-15-4(17)7(9,10)11/h1-12H2,(H,23,25)(H,24,26);1-10H2,(H,21,23)(H,22,24);1-8H2,(H,19,21)(H,20,22);1-6H2,(H,17,19)(H,18,20);6H,2-5H2,1H3,(H,17,19)(H,18,20);3H2,1-2H3,(H,15,17)(H,16,18). The Hall–Kier alpha value is 3.88. The van der Waals surface area contributed by atoms with Gasteiger partial charge in [-0.15, -0.1) is 0 Å². The SMILES string of the molecule is CC(C)(CNC(=O)C(Cl)(Cl)Cl)NC(=O)C(Cl)(Cl)Cl.CC(CCCNC(=O)C(Cl)(Cl)Cl)CNC(=O)C(Cl)(Cl)Cl.O=C(NCCCCCCCCCCCCNC(=O)C(Cl)(Cl)Cl)C(Cl)(Cl)Cl.O=C(NCCCCCCCCNC(=O)C(Cl)(Cl)Cl)C(Cl)(Cl)Cl.O=C(NCCCOCCOCCOCCCNC(=O)C(Cl)(Cl)Cl)C(Cl)(Cl)Cl.O=C(NCCOCCOCCNC(=O)C(Cl)(Cl)Cl)C(Cl)(Cl)Cl. The summed E-state index contributed by atoms with van der Waals surface area (Å²) in [6, 6.07) is 0. The minimum absolute atomic E-state index is 0.00771. The van der Waals surface area contributed by atoms with Crippen molar-refractivity contribution in [3.63, 3.8) is 0 Å². The highest BCUT2D eigenvalue weighted by atomic mass is 35.6. The van der Waals surface area contributed by atoms with E-state index in [4.69, 9.17) is 441 Å². The van der Waals surface area contributed by atoms with Gasteiger partial charge in [0.2, 0.25) is 0 Å². The molecule has 29 nitrogen and oxygen atoms in total. The summed E-state index contributed by atoms with van der Waals surface area (Å²) in [5.41, 5.74) is -0.882. The third kappa shape index (κ3) is 99.6. The lowest BCUT2D eigenvalue weighted by Gasteiger charge is -2.28. The molecule has 135 heavy (non-hydrogen) atoms. The Morgan fingerprint density at radius 2 is 0.356 bits per heavy atom. The molecule has 65 heteroatoms. The topological polar surface area (TPSA) is 395 Å². The molecule has 0 bridgehead atoms. The number of rotatable bonds is 54. The molecule has 0 saturated heterocycles. The molecule has 1 atom stereocenters. The summed E-state index contributed by atoms with van der Waals surface area (Å²) in [7, 11) is 0. The Bertz CT molecular complexity index is 3110. The van der Waals surface area contributed by atoms with Crippen molar-refractivity contribution in [3.05, 3.63) is 0 Å². The Labute approximate surface area is 966 Å². The van der Waals surface area contributed by atoms with Crippen LogP contribution in [-0.4, -0.2) is 260 Å². The number of amides is 12. The predicted octanol–water partition coefficient (Wildman–Crippen LogP) is 21.1. The average Bonchev–Trinajstić information content (AvgIpc) is 0.855. The normalized spacial score (nSPS) is 12.5. The highest BCUT2D eigenvalue weighted by Gasteiger charge is 2.40. The van der Waals surface area contributed by atoms with Crippen LogP contribution < -0.4 is 63.8 Å². The molecule has 0 radical (unpaired) electrons. The largest absolute Gasteiger partial charge is 0.379 e. The van der Waals surface area contributed by atoms with Gasteiger partial charge in [0.25, 0.3) is 116 Å². The first-order valence-corrected chi connectivity index (χ1v) is 53.1. The van der Waals surface area contributed by atoms with Crippen molar-refractivity contribution >= 4 is 489 Å². The zero-order chi connectivity index (χ0) is 106. The van der Waals surface area contributed by atoms with Crippen molar-refractivity contribution in [2.45, 2.75) is 200 Å². The van der Waals surface area contributed by atoms with E-state index < -0.39 is 122 Å². The van der Waals surface area contributed by atoms with E-state index in [0.29, 0.717) is 124 Å². The van der Waals surface area contributed by atoms with Crippen molar-refractivity contribution < 1.29 is 81.2 Å². The lowest BCUT2D eigenvalue weighted by atomic mass is 10.1. The summed E-state index contributed by atoms with van der Waals surface area (Å²) in [6.07, 6.45) is 19.0. The molecule has 12 amide bonds. The maximum atomic E-state index is 11.4. The van der Waals surface area contributed by atoms with E-state index in [9.17, 15) is 57.5 Å². The van der Waals surface area contributed by atoms with Gasteiger partial charge in [0.1, 0.15) is 0 Å². The zero-order valence-electron chi connectivity index (χ0n) is 71.6. The van der Waals surface area contributed by atoms with Gasteiger partial charge in [-0.25, -0.2) is 0 Å². The Balaban J connectivity index is -0.000000372. The number of carbonyl (C=O) groups excluding carboxylic acids is 12. The maximum absolute atomic E-state index is 11.4. The second kappa shape index (κ2) is 80.7. The number of carbonyl (C=O) groups is 12. The van der Waals surface area contributed by atoms with Crippen molar-refractivity contribution in [2.24, 2.45) is 5.92 Å². The van der Waals surface area contributed by atoms with E-state index in [-0.39, 0.29) is 38.8 Å². The summed E-state index contributed by atoms with van der Waals surface area (Å²) >= 11 is 194. The lowest BCUT2D eigenvalue weighted by molar-refractivity contribution is -0.123. The van der Waals surface area contributed by atoms with Crippen LogP contribution >= 0.6 is 418 Å². The Kier molecular flexibility index (Phi) is 89.4. The highest BCUT2D eigenvalue weighted by molar-refractivity contribution is 6.82. The maximum Gasteiger partial charge on any atom is 0.272 e. The van der Waals surface area contributed by atoms with Crippen molar-refractivity contribution in [2.75, 3.05) is 138 Å². The van der Waals surface area contributed by atoms with Gasteiger partial charge in [-0.2, -0.15) is 0 Å². The number of halogens is 36. The van der Waals surface area contributed by atoms with E-state index in [1.165, 1.54) is 25.7 Å². The monoisotopic (exact) mass is 2640 g/mol. The van der Waals surface area contributed by atoms with Gasteiger partial charge in [-0.1, -0.05) is 502 Å². The molecule has 12 N–H and O–H groups in total. The van der Waals surface area contributed by atoms with E-state index >= 15 is 0 Å². The van der Waals surface area contributed by atoms with Crippen LogP contribution in [0, 0.1) is 5.92 Å². The molecule has 0 aliphatic rings. The van der Waals surface area contributed by atoms with E-state index in [2.05, 4.69) is 63.8 Å². The molecular weight excluding hydrogens is 2560 g/mol. The summed E-state index contributed by atoms with van der Waals surface area (Å²) < 4.78 is 2.76. The van der Waals surface area contributed by atoms with Gasteiger partial charge >= 0.3 is 0 Å². The fourth-order valence-corrected chi connectivity index (χ4v) is 10.7. The van der Waals surface area contributed by atoms with E-state index in [0.717, 1.165) is 83.5 Å². The fourth-order valence-electron chi connectivity index (χ4n) is 8.37. The van der Waals surface area contributed by atoms with Crippen molar-refractivity contribution in [1.29, 1.82) is 0 Å². The quantitative estimate of drug-likeness (QED) is 0.0199. The Morgan fingerprint density at radius 1 is 0.193 bits per heavy atom. The molecule has 0 saturated carbocycles. The number of unbranched alkanes of at least 4 members (excludes halogenated alkanes) is 14. The first kappa shape index (κ1) is 150. The zero-order valence-corrected chi connectivity index (χ0v) is 98.8. The van der Waals surface area contributed by atoms with Gasteiger partial charge in [0.15, 0.2) is 0 Å². The van der Waals surface area contributed by atoms with Crippen LogP contribution in [0.15, 0.2) is 0 Å². The third-order valence-corrected chi connectivity index (χ3v) is 21.2. The fraction of sp³-hybridized carbons (Fsp3) is 0.829. The van der Waals surface area contributed by atoms with Gasteiger partial charge in [-0.3, -0.25) is 57.5 Å². The summed E-state index contributed by atoms with van der Waals surface area (Å²) in [5, 5.41) is 29.7. The summed E-state index contributed by atoms with van der Waals surface area (Å²) in [4.78, 5) is 135. The van der Waals surface area contributed by atoms with Crippen LogP contribution in [0.3, 0.4) is 0 Å². The predicted molar refractivity (Wildman–Crippen MR) is 564 cm³/mol. The number of hydrogen-bond acceptors (Lipinski definition) is 17. The van der Waals surface area contributed by atoms with Crippen molar-refractivity contribution in [3.8, 4) is 0 Å². The molecule has 0 rings (SSSR count). The van der Waals surface area contributed by atoms with Crippen LogP contribution in [0.25, 0.3) is 0 Å². The highest BCUT2D eigenvalue weighted by Crippen LogP contribution is 2.34. The lowest BCUT2D eigenvalue weighted by Crippen LogP contribution is -2.55. The molecule has 0 spiro atoms. The second-order valence-electron chi connectivity index (χ2n) is 27.7. The number of nitrogens with one attached hydrogen (secondary N) is 12. The molecule has 0 aliphatic heterocycles. The van der Waals surface area contributed by atoms with Gasteiger partial charge in [0.05, 0.1) is 58.4 Å². The van der Waals surface area contributed by atoms with Gasteiger partial charge in [-0.05, 0) is 71.1 Å². The first-order chi connectivity index (χ1) is 61.4. The molecule has 0 aliphatic carbocycles. The van der Waals surface area contributed by atoms with Gasteiger partial charge < -0.3 is 87.5 Å². The van der Waals surface area contributed by atoms with Crippen LogP contribution in [0.2, 0.25) is 0 Å². The molecule has 0 fully saturated rings. The minimum Gasteiger partial charge on any atom is -0.379 e. The van der Waals surface area contributed by atoms with Crippen molar-refractivity contribution in [1.82, 2.24) is 63.8 Å². The van der Waals surface area contributed by atoms with E-state index in [1.807, 2.05) is 6.92 Å².